The molecule has 1 N–H and O–H groups in total. The van der Waals surface area contributed by atoms with E-state index in [0.717, 1.165) is 12.8 Å². The van der Waals surface area contributed by atoms with Crippen LogP contribution in [0.15, 0.2) is 30.3 Å². The zero-order chi connectivity index (χ0) is 12.1. The first-order valence-corrected chi connectivity index (χ1v) is 6.62. The monoisotopic (exact) mass is 231 g/mol. The molecule has 1 saturated carbocycles. The van der Waals surface area contributed by atoms with Gasteiger partial charge in [-0.15, -0.1) is 0 Å². The second-order valence-corrected chi connectivity index (χ2v) is 4.98. The lowest BCUT2D eigenvalue weighted by Crippen LogP contribution is -2.33. The minimum absolute atomic E-state index is 0.116. The van der Waals surface area contributed by atoms with E-state index in [9.17, 15) is 4.79 Å². The summed E-state index contributed by atoms with van der Waals surface area (Å²) < 4.78 is 0. The standard InChI is InChI=1S/C15H21NO/c1-12(13-8-4-2-5-9-13)16-15(17)14-10-6-3-7-11-14/h2,4-5,8-9,12,14H,3,6-7,10-11H2,1H3,(H,16,17)/t12-/m1/s1. The molecule has 0 aromatic heterocycles. The van der Waals surface area contributed by atoms with Crippen molar-refractivity contribution in [2.24, 2.45) is 5.92 Å². The van der Waals surface area contributed by atoms with E-state index in [1.807, 2.05) is 18.2 Å². The van der Waals surface area contributed by atoms with Crippen molar-refractivity contribution in [1.82, 2.24) is 5.32 Å². The van der Waals surface area contributed by atoms with Gasteiger partial charge in [0.2, 0.25) is 5.91 Å². The van der Waals surface area contributed by atoms with Gasteiger partial charge in [0.05, 0.1) is 6.04 Å². The fraction of sp³-hybridized carbons (Fsp3) is 0.533. The average Bonchev–Trinajstić information content (AvgIpc) is 2.40. The van der Waals surface area contributed by atoms with Crippen LogP contribution >= 0.6 is 0 Å². The summed E-state index contributed by atoms with van der Waals surface area (Å²) in [5, 5.41) is 3.13. The molecule has 1 aliphatic carbocycles. The molecule has 0 spiro atoms. The number of carbonyl (C=O) groups is 1. The second-order valence-electron chi connectivity index (χ2n) is 4.98. The normalized spacial score (nSPS) is 18.6. The molecular formula is C15H21NO. The molecule has 1 fully saturated rings. The molecule has 2 nitrogen and oxygen atoms in total. The molecule has 0 heterocycles. The zero-order valence-corrected chi connectivity index (χ0v) is 10.5. The van der Waals surface area contributed by atoms with Crippen LogP contribution in [0.1, 0.15) is 50.6 Å². The number of carbonyl (C=O) groups excluding carboxylic acids is 1. The van der Waals surface area contributed by atoms with Crippen LogP contribution in [0.3, 0.4) is 0 Å². The summed E-state index contributed by atoms with van der Waals surface area (Å²) >= 11 is 0. The summed E-state index contributed by atoms with van der Waals surface area (Å²) in [5.74, 6) is 0.482. The molecule has 17 heavy (non-hydrogen) atoms. The van der Waals surface area contributed by atoms with Crippen LogP contribution < -0.4 is 5.32 Å². The summed E-state index contributed by atoms with van der Waals surface area (Å²) in [5.41, 5.74) is 1.18. The molecular weight excluding hydrogens is 210 g/mol. The van der Waals surface area contributed by atoms with E-state index >= 15 is 0 Å². The summed E-state index contributed by atoms with van der Waals surface area (Å²) in [6.07, 6.45) is 5.83. The quantitative estimate of drug-likeness (QED) is 0.848. The largest absolute Gasteiger partial charge is 0.349 e. The minimum Gasteiger partial charge on any atom is -0.349 e. The van der Waals surface area contributed by atoms with E-state index in [-0.39, 0.29) is 17.9 Å². The Hall–Kier alpha value is -1.31. The van der Waals surface area contributed by atoms with E-state index < -0.39 is 0 Å². The zero-order valence-electron chi connectivity index (χ0n) is 10.5. The molecule has 2 heteroatoms. The fourth-order valence-electron chi connectivity index (χ4n) is 2.52. The Balaban J connectivity index is 1.89. The average molecular weight is 231 g/mol. The van der Waals surface area contributed by atoms with Crippen LogP contribution in [0.5, 0.6) is 0 Å². The van der Waals surface area contributed by atoms with Gasteiger partial charge in [0.1, 0.15) is 0 Å². The first-order valence-electron chi connectivity index (χ1n) is 6.62. The topological polar surface area (TPSA) is 29.1 Å². The Morgan fingerprint density at radius 1 is 1.18 bits per heavy atom. The third-order valence-corrected chi connectivity index (χ3v) is 3.63. The highest BCUT2D eigenvalue weighted by Crippen LogP contribution is 2.24. The lowest BCUT2D eigenvalue weighted by molar-refractivity contribution is -0.126. The molecule has 0 bridgehead atoms. The van der Waals surface area contributed by atoms with E-state index in [1.54, 1.807) is 0 Å². The Morgan fingerprint density at radius 2 is 1.82 bits per heavy atom. The molecule has 1 aromatic rings. The minimum atomic E-state index is 0.116. The highest BCUT2D eigenvalue weighted by Gasteiger charge is 2.22. The molecule has 2 rings (SSSR count). The Labute approximate surface area is 103 Å². The predicted molar refractivity (Wildman–Crippen MR) is 69.6 cm³/mol. The van der Waals surface area contributed by atoms with Crippen molar-refractivity contribution >= 4 is 5.91 Å². The van der Waals surface area contributed by atoms with E-state index in [1.165, 1.54) is 24.8 Å². The third kappa shape index (κ3) is 3.32. The van der Waals surface area contributed by atoms with Crippen molar-refractivity contribution in [2.45, 2.75) is 45.1 Å². The van der Waals surface area contributed by atoms with Crippen molar-refractivity contribution in [1.29, 1.82) is 0 Å². The van der Waals surface area contributed by atoms with Crippen LogP contribution in [-0.2, 0) is 4.79 Å². The van der Waals surface area contributed by atoms with E-state index in [2.05, 4.69) is 24.4 Å². The molecule has 1 aliphatic rings. The maximum Gasteiger partial charge on any atom is 0.223 e. The van der Waals surface area contributed by atoms with Gasteiger partial charge in [-0.1, -0.05) is 49.6 Å². The van der Waals surface area contributed by atoms with Crippen LogP contribution in [0, 0.1) is 5.92 Å². The third-order valence-electron chi connectivity index (χ3n) is 3.63. The number of rotatable bonds is 3. The van der Waals surface area contributed by atoms with Crippen molar-refractivity contribution in [3.8, 4) is 0 Å². The van der Waals surface area contributed by atoms with Gasteiger partial charge in [0.25, 0.3) is 0 Å². The van der Waals surface area contributed by atoms with Crippen LogP contribution in [0.25, 0.3) is 0 Å². The number of benzene rings is 1. The highest BCUT2D eigenvalue weighted by atomic mass is 16.1. The number of hydrogen-bond donors (Lipinski definition) is 1. The van der Waals surface area contributed by atoms with Gasteiger partial charge < -0.3 is 5.32 Å². The van der Waals surface area contributed by atoms with Crippen molar-refractivity contribution in [2.75, 3.05) is 0 Å². The first-order chi connectivity index (χ1) is 8.27. The van der Waals surface area contributed by atoms with Gasteiger partial charge in [-0.25, -0.2) is 0 Å². The van der Waals surface area contributed by atoms with Crippen molar-refractivity contribution in [3.05, 3.63) is 35.9 Å². The summed E-state index contributed by atoms with van der Waals surface area (Å²) in [4.78, 5) is 12.1. The first kappa shape index (κ1) is 12.2. The molecule has 1 atom stereocenters. The SMILES string of the molecule is C[C@@H](NC(=O)C1CCCCC1)c1ccccc1. The fourth-order valence-corrected chi connectivity index (χ4v) is 2.52. The van der Waals surface area contributed by atoms with Crippen LogP contribution in [0.2, 0.25) is 0 Å². The second kappa shape index (κ2) is 5.85. The van der Waals surface area contributed by atoms with Gasteiger partial charge in [-0.3, -0.25) is 4.79 Å². The van der Waals surface area contributed by atoms with Gasteiger partial charge in [-0.2, -0.15) is 0 Å². The summed E-state index contributed by atoms with van der Waals surface area (Å²) in [7, 11) is 0. The maximum atomic E-state index is 12.1. The Bertz CT molecular complexity index is 354. The van der Waals surface area contributed by atoms with E-state index in [0.29, 0.717) is 0 Å². The molecule has 0 unspecified atom stereocenters. The number of nitrogens with one attached hydrogen (secondary N) is 1. The predicted octanol–water partition coefficient (Wildman–Crippen LogP) is 3.44. The van der Waals surface area contributed by atoms with Gasteiger partial charge in [0.15, 0.2) is 0 Å². The molecule has 0 saturated heterocycles. The molecule has 1 amide bonds. The van der Waals surface area contributed by atoms with Gasteiger partial charge in [0, 0.05) is 5.92 Å². The Morgan fingerprint density at radius 3 is 2.47 bits per heavy atom. The van der Waals surface area contributed by atoms with E-state index in [4.69, 9.17) is 0 Å². The number of amides is 1. The molecule has 0 aliphatic heterocycles. The summed E-state index contributed by atoms with van der Waals surface area (Å²) in [6, 6.07) is 10.3. The highest BCUT2D eigenvalue weighted by molar-refractivity contribution is 5.79. The summed E-state index contributed by atoms with van der Waals surface area (Å²) in [6.45, 7) is 2.05. The number of hydrogen-bond acceptors (Lipinski definition) is 1. The van der Waals surface area contributed by atoms with Gasteiger partial charge >= 0.3 is 0 Å². The lowest BCUT2D eigenvalue weighted by Gasteiger charge is -2.23. The molecule has 92 valence electrons. The maximum absolute atomic E-state index is 12.1. The van der Waals surface area contributed by atoms with Crippen LogP contribution in [-0.4, -0.2) is 5.91 Å². The molecule has 0 radical (unpaired) electrons. The van der Waals surface area contributed by atoms with Crippen molar-refractivity contribution in [3.63, 3.8) is 0 Å². The molecule has 1 aromatic carbocycles. The van der Waals surface area contributed by atoms with Gasteiger partial charge in [-0.05, 0) is 25.3 Å². The van der Waals surface area contributed by atoms with Crippen LogP contribution in [0.4, 0.5) is 0 Å². The lowest BCUT2D eigenvalue weighted by atomic mass is 9.88. The Kier molecular flexibility index (Phi) is 4.18. The smallest absolute Gasteiger partial charge is 0.223 e. The van der Waals surface area contributed by atoms with Crippen molar-refractivity contribution < 1.29 is 4.79 Å².